The van der Waals surface area contributed by atoms with Crippen molar-refractivity contribution in [1.82, 2.24) is 4.90 Å². The number of hydrogen-bond donors (Lipinski definition) is 1. The lowest BCUT2D eigenvalue weighted by molar-refractivity contribution is -0.135. The average Bonchev–Trinajstić information content (AvgIpc) is 2.88. The maximum Gasteiger partial charge on any atom is 0.232 e. The van der Waals surface area contributed by atoms with E-state index >= 15 is 0 Å². The first-order valence-corrected chi connectivity index (χ1v) is 6.96. The van der Waals surface area contributed by atoms with E-state index in [0.717, 1.165) is 18.5 Å². The molecule has 1 aliphatic rings. The smallest absolute Gasteiger partial charge is 0.232 e. The zero-order chi connectivity index (χ0) is 14.0. The number of hydrogen-bond acceptors (Lipinski definition) is 2. The van der Waals surface area contributed by atoms with Crippen LogP contribution in [0.1, 0.15) is 32.8 Å². The van der Waals surface area contributed by atoms with Crippen LogP contribution >= 0.6 is 0 Å². The number of nitrogens with zero attached hydrogens (tertiary/aromatic N) is 1. The Morgan fingerprint density at radius 3 is 2.53 bits per heavy atom. The van der Waals surface area contributed by atoms with Gasteiger partial charge in [0.25, 0.3) is 0 Å². The second-order valence-corrected chi connectivity index (χ2v) is 6.03. The Balaban J connectivity index is 2.12. The summed E-state index contributed by atoms with van der Waals surface area (Å²) in [5.74, 6) is 0.373. The predicted molar refractivity (Wildman–Crippen MR) is 75.8 cm³/mol. The molecule has 2 unspecified atom stereocenters. The van der Waals surface area contributed by atoms with Crippen molar-refractivity contribution in [2.45, 2.75) is 38.7 Å². The molecule has 1 aromatic carbocycles. The minimum atomic E-state index is -0.505. The molecule has 1 saturated heterocycles. The molecule has 1 heterocycles. The lowest BCUT2D eigenvalue weighted by atomic mass is 9.83. The van der Waals surface area contributed by atoms with Gasteiger partial charge >= 0.3 is 0 Å². The van der Waals surface area contributed by atoms with E-state index in [-0.39, 0.29) is 17.9 Å². The fraction of sp³-hybridized carbons (Fsp3) is 0.562. The van der Waals surface area contributed by atoms with Crippen molar-refractivity contribution in [2.75, 3.05) is 13.1 Å². The molecule has 0 aromatic heterocycles. The van der Waals surface area contributed by atoms with E-state index in [1.54, 1.807) is 6.92 Å². The Morgan fingerprint density at radius 1 is 1.37 bits per heavy atom. The maximum absolute atomic E-state index is 12.7. The van der Waals surface area contributed by atoms with Crippen LogP contribution in [0.4, 0.5) is 0 Å². The number of aliphatic hydroxyl groups excluding tert-OH is 1. The molecule has 1 fully saturated rings. The molecule has 3 heteroatoms. The third-order valence-corrected chi connectivity index (χ3v) is 4.22. The van der Waals surface area contributed by atoms with Crippen molar-refractivity contribution < 1.29 is 9.90 Å². The molecule has 1 N–H and O–H groups in total. The molecular weight excluding hydrogens is 238 g/mol. The Hall–Kier alpha value is -1.35. The van der Waals surface area contributed by atoms with Crippen LogP contribution in [-0.2, 0) is 10.2 Å². The van der Waals surface area contributed by atoms with Gasteiger partial charge in [0.05, 0.1) is 11.5 Å². The van der Waals surface area contributed by atoms with Gasteiger partial charge < -0.3 is 10.0 Å². The molecule has 0 radical (unpaired) electrons. The highest BCUT2D eigenvalue weighted by atomic mass is 16.3. The number of rotatable bonds is 3. The van der Waals surface area contributed by atoms with E-state index in [1.165, 1.54) is 0 Å². The van der Waals surface area contributed by atoms with Gasteiger partial charge in [0.2, 0.25) is 5.91 Å². The van der Waals surface area contributed by atoms with Crippen molar-refractivity contribution in [3.05, 3.63) is 35.9 Å². The van der Waals surface area contributed by atoms with Gasteiger partial charge in [-0.1, -0.05) is 30.3 Å². The van der Waals surface area contributed by atoms with Crippen LogP contribution < -0.4 is 0 Å². The molecular formula is C16H23NO2. The second-order valence-electron chi connectivity index (χ2n) is 6.03. The van der Waals surface area contributed by atoms with Gasteiger partial charge in [-0.05, 0) is 32.8 Å². The number of carbonyl (C=O) groups is 1. The molecule has 19 heavy (non-hydrogen) atoms. The number of benzene rings is 1. The summed E-state index contributed by atoms with van der Waals surface area (Å²) in [7, 11) is 0. The molecule has 0 spiro atoms. The molecule has 0 aliphatic carbocycles. The Morgan fingerprint density at radius 2 is 2.00 bits per heavy atom. The van der Waals surface area contributed by atoms with Crippen LogP contribution in [0.2, 0.25) is 0 Å². The Labute approximate surface area is 115 Å². The molecule has 2 atom stereocenters. The lowest BCUT2D eigenvalue weighted by Gasteiger charge is -2.30. The normalized spacial score (nSPS) is 21.5. The third-order valence-electron chi connectivity index (χ3n) is 4.22. The second kappa shape index (κ2) is 5.33. The van der Waals surface area contributed by atoms with Gasteiger partial charge in [0.1, 0.15) is 0 Å². The highest BCUT2D eigenvalue weighted by Crippen LogP contribution is 2.29. The van der Waals surface area contributed by atoms with Crippen LogP contribution in [-0.4, -0.2) is 35.1 Å². The molecule has 1 aliphatic heterocycles. The summed E-state index contributed by atoms with van der Waals surface area (Å²) in [5, 5.41) is 9.63. The standard InChI is InChI=1S/C16H23NO2/c1-12(18)13-9-10-17(11-13)15(19)16(2,3)14-7-5-4-6-8-14/h4-8,12-13,18H,9-11H2,1-3H3. The average molecular weight is 261 g/mol. The van der Waals surface area contributed by atoms with Crippen molar-refractivity contribution in [3.8, 4) is 0 Å². The van der Waals surface area contributed by atoms with Gasteiger partial charge in [-0.25, -0.2) is 0 Å². The third kappa shape index (κ3) is 2.81. The zero-order valence-corrected chi connectivity index (χ0v) is 12.0. The van der Waals surface area contributed by atoms with Crippen LogP contribution in [0.3, 0.4) is 0 Å². The summed E-state index contributed by atoms with van der Waals surface area (Å²) in [6.45, 7) is 7.18. The van der Waals surface area contributed by atoms with Crippen LogP contribution in [0.25, 0.3) is 0 Å². The quantitative estimate of drug-likeness (QED) is 0.906. The van der Waals surface area contributed by atoms with E-state index in [1.807, 2.05) is 49.1 Å². The monoisotopic (exact) mass is 261 g/mol. The van der Waals surface area contributed by atoms with E-state index in [2.05, 4.69) is 0 Å². The lowest BCUT2D eigenvalue weighted by Crippen LogP contribution is -2.42. The highest BCUT2D eigenvalue weighted by molar-refractivity contribution is 5.87. The molecule has 104 valence electrons. The van der Waals surface area contributed by atoms with Gasteiger partial charge in [-0.3, -0.25) is 4.79 Å². The van der Waals surface area contributed by atoms with Gasteiger partial charge in [-0.2, -0.15) is 0 Å². The van der Waals surface area contributed by atoms with E-state index in [9.17, 15) is 9.90 Å². The van der Waals surface area contributed by atoms with Gasteiger partial charge in [0.15, 0.2) is 0 Å². The van der Waals surface area contributed by atoms with Crippen LogP contribution in [0, 0.1) is 5.92 Å². The van der Waals surface area contributed by atoms with Gasteiger partial charge in [-0.15, -0.1) is 0 Å². The summed E-state index contributed by atoms with van der Waals surface area (Å²) in [5.41, 5.74) is 0.537. The Kier molecular flexibility index (Phi) is 3.95. The van der Waals surface area contributed by atoms with E-state index in [0.29, 0.717) is 6.54 Å². The molecule has 1 amide bonds. The summed E-state index contributed by atoms with van der Waals surface area (Å²) in [6, 6.07) is 9.89. The summed E-state index contributed by atoms with van der Waals surface area (Å²) < 4.78 is 0. The first-order valence-electron chi connectivity index (χ1n) is 6.96. The number of amides is 1. The highest BCUT2D eigenvalue weighted by Gasteiger charge is 2.37. The number of likely N-dealkylation sites (tertiary alicyclic amines) is 1. The van der Waals surface area contributed by atoms with Crippen molar-refractivity contribution in [1.29, 1.82) is 0 Å². The first-order chi connectivity index (χ1) is 8.93. The van der Waals surface area contributed by atoms with E-state index < -0.39 is 5.41 Å². The fourth-order valence-electron chi connectivity index (χ4n) is 2.74. The minimum Gasteiger partial charge on any atom is -0.393 e. The molecule has 0 bridgehead atoms. The summed E-state index contributed by atoms with van der Waals surface area (Å²) >= 11 is 0. The van der Waals surface area contributed by atoms with Crippen molar-refractivity contribution in [3.63, 3.8) is 0 Å². The van der Waals surface area contributed by atoms with Crippen LogP contribution in [0.15, 0.2) is 30.3 Å². The molecule has 2 rings (SSSR count). The fourth-order valence-corrected chi connectivity index (χ4v) is 2.74. The summed E-state index contributed by atoms with van der Waals surface area (Å²) in [4.78, 5) is 14.6. The molecule has 3 nitrogen and oxygen atoms in total. The Bertz CT molecular complexity index is 439. The topological polar surface area (TPSA) is 40.5 Å². The van der Waals surface area contributed by atoms with Gasteiger partial charge in [0, 0.05) is 19.0 Å². The summed E-state index contributed by atoms with van der Waals surface area (Å²) in [6.07, 6.45) is 0.562. The maximum atomic E-state index is 12.7. The van der Waals surface area contributed by atoms with Crippen molar-refractivity contribution >= 4 is 5.91 Å². The molecule has 1 aromatic rings. The number of aliphatic hydroxyl groups is 1. The van der Waals surface area contributed by atoms with Crippen LogP contribution in [0.5, 0.6) is 0 Å². The zero-order valence-electron chi connectivity index (χ0n) is 12.0. The minimum absolute atomic E-state index is 0.154. The van der Waals surface area contributed by atoms with Crippen molar-refractivity contribution in [2.24, 2.45) is 5.92 Å². The molecule has 0 saturated carbocycles. The largest absolute Gasteiger partial charge is 0.393 e. The van der Waals surface area contributed by atoms with E-state index in [4.69, 9.17) is 0 Å². The number of carbonyl (C=O) groups excluding carboxylic acids is 1. The predicted octanol–water partition coefficient (Wildman–Crippen LogP) is 2.19. The first kappa shape index (κ1) is 14.1. The SMILES string of the molecule is CC(O)C1CCN(C(=O)C(C)(C)c2ccccc2)C1.